The van der Waals surface area contributed by atoms with E-state index in [1.807, 2.05) is 0 Å². The van der Waals surface area contributed by atoms with Crippen molar-refractivity contribution in [3.63, 3.8) is 0 Å². The van der Waals surface area contributed by atoms with E-state index in [0.717, 1.165) is 19.3 Å². The normalized spacial score (nSPS) is 15.2. The van der Waals surface area contributed by atoms with E-state index >= 15 is 0 Å². The van der Waals surface area contributed by atoms with E-state index in [9.17, 15) is 20.1 Å². The van der Waals surface area contributed by atoms with Gasteiger partial charge in [0.25, 0.3) is 0 Å². The molecule has 0 aliphatic heterocycles. The molecule has 0 unspecified atom stereocenters. The number of oxazole rings is 1. The lowest BCUT2D eigenvalue weighted by Gasteiger charge is -2.13. The molecule has 1 rings (SSSR count). The summed E-state index contributed by atoms with van der Waals surface area (Å²) in [6.07, 6.45) is 6.07. The van der Waals surface area contributed by atoms with Gasteiger partial charge >= 0.3 is 5.97 Å². The number of esters is 1. The van der Waals surface area contributed by atoms with E-state index in [4.69, 9.17) is 4.42 Å². The molecule has 0 aromatic carbocycles. The van der Waals surface area contributed by atoms with Gasteiger partial charge in [0.05, 0.1) is 25.4 Å². The number of carbonyl (C=O) groups excluding carboxylic acids is 1. The second-order valence-electron chi connectivity index (χ2n) is 6.01. The molecule has 1 aromatic rings. The number of ether oxygens (including phenoxy) is 1. The van der Waals surface area contributed by atoms with Crippen molar-refractivity contribution in [2.24, 2.45) is 0 Å². The maximum Gasteiger partial charge on any atom is 0.305 e. The topological polar surface area (TPSA) is 113 Å². The Bertz CT molecular complexity index is 527. The van der Waals surface area contributed by atoms with Crippen LogP contribution in [0.5, 0.6) is 0 Å². The van der Waals surface area contributed by atoms with E-state index < -0.39 is 18.3 Å². The molecule has 0 radical (unpaired) electrons. The summed E-state index contributed by atoms with van der Waals surface area (Å²) in [5.41, 5.74) is 0.462. The van der Waals surface area contributed by atoms with Crippen molar-refractivity contribution >= 4 is 12.0 Å². The summed E-state index contributed by atoms with van der Waals surface area (Å²) in [7, 11) is 1.31. The Labute approximate surface area is 148 Å². The molecule has 0 aliphatic carbocycles. The van der Waals surface area contributed by atoms with Crippen molar-refractivity contribution in [2.45, 2.75) is 70.2 Å². The van der Waals surface area contributed by atoms with Crippen LogP contribution in [0, 0.1) is 0 Å². The lowest BCUT2D eigenvalue weighted by molar-refractivity contribution is -0.140. The van der Waals surface area contributed by atoms with Gasteiger partial charge in [-0.3, -0.25) is 4.79 Å². The molecular formula is C18H29NO6. The first-order valence-corrected chi connectivity index (χ1v) is 8.72. The zero-order chi connectivity index (χ0) is 18.7. The number of aliphatic hydroxyl groups is 3. The van der Waals surface area contributed by atoms with Crippen molar-refractivity contribution in [2.75, 3.05) is 7.11 Å². The molecule has 0 amide bonds. The molecule has 7 nitrogen and oxygen atoms in total. The third-order valence-corrected chi connectivity index (χ3v) is 3.90. The molecule has 1 aromatic heterocycles. The van der Waals surface area contributed by atoms with Crippen LogP contribution in [-0.4, -0.2) is 45.6 Å². The summed E-state index contributed by atoms with van der Waals surface area (Å²) in [5, 5.41) is 29.8. The van der Waals surface area contributed by atoms with Crippen molar-refractivity contribution in [1.82, 2.24) is 4.98 Å². The van der Waals surface area contributed by atoms with E-state index in [1.54, 1.807) is 0 Å². The lowest BCUT2D eigenvalue weighted by Crippen LogP contribution is -2.23. The van der Waals surface area contributed by atoms with Crippen LogP contribution >= 0.6 is 0 Å². The van der Waals surface area contributed by atoms with Gasteiger partial charge in [-0.1, -0.05) is 26.2 Å². The Balaban J connectivity index is 2.42. The summed E-state index contributed by atoms with van der Waals surface area (Å²) in [4.78, 5) is 15.2. The van der Waals surface area contributed by atoms with Crippen LogP contribution < -0.4 is 0 Å². The predicted molar refractivity (Wildman–Crippen MR) is 92.5 cm³/mol. The van der Waals surface area contributed by atoms with Gasteiger partial charge in [0, 0.05) is 6.42 Å². The smallest absolute Gasteiger partial charge is 0.305 e. The highest BCUT2D eigenvalue weighted by Gasteiger charge is 2.15. The van der Waals surface area contributed by atoms with E-state index in [0.29, 0.717) is 18.5 Å². The zero-order valence-corrected chi connectivity index (χ0v) is 14.9. The summed E-state index contributed by atoms with van der Waals surface area (Å²) >= 11 is 0. The van der Waals surface area contributed by atoms with Crippen molar-refractivity contribution in [1.29, 1.82) is 0 Å². The van der Waals surface area contributed by atoms with Gasteiger partial charge in [0.15, 0.2) is 0 Å². The van der Waals surface area contributed by atoms with Gasteiger partial charge in [-0.2, -0.15) is 0 Å². The third-order valence-electron chi connectivity index (χ3n) is 3.90. The Morgan fingerprint density at radius 1 is 1.28 bits per heavy atom. The zero-order valence-electron chi connectivity index (χ0n) is 14.9. The van der Waals surface area contributed by atoms with Crippen LogP contribution in [0.2, 0.25) is 0 Å². The number of carbonyl (C=O) groups is 1. The lowest BCUT2D eigenvalue weighted by atomic mass is 10.1. The fourth-order valence-electron chi connectivity index (χ4n) is 2.30. The van der Waals surface area contributed by atoms with E-state index in [1.165, 1.54) is 25.5 Å². The molecule has 1 heterocycles. The summed E-state index contributed by atoms with van der Waals surface area (Å²) in [6.45, 7) is 2.10. The third kappa shape index (κ3) is 8.29. The molecule has 3 N–H and O–H groups in total. The fourth-order valence-corrected chi connectivity index (χ4v) is 2.30. The number of methoxy groups -OCH3 is 1. The number of aliphatic hydroxyl groups excluding tert-OH is 3. The summed E-state index contributed by atoms with van der Waals surface area (Å²) in [6, 6.07) is 0. The van der Waals surface area contributed by atoms with Crippen LogP contribution in [0.15, 0.2) is 16.8 Å². The van der Waals surface area contributed by atoms with Crippen molar-refractivity contribution < 1.29 is 29.3 Å². The number of hydrogen-bond acceptors (Lipinski definition) is 7. The molecule has 7 heteroatoms. The van der Waals surface area contributed by atoms with Crippen LogP contribution in [0.1, 0.15) is 69.6 Å². The van der Waals surface area contributed by atoms with Gasteiger partial charge in [-0.05, 0) is 31.4 Å². The quantitative estimate of drug-likeness (QED) is 0.390. The highest BCUT2D eigenvalue weighted by atomic mass is 16.5. The highest BCUT2D eigenvalue weighted by Crippen LogP contribution is 2.19. The number of hydrogen-bond donors (Lipinski definition) is 3. The van der Waals surface area contributed by atoms with Gasteiger partial charge in [0.2, 0.25) is 5.89 Å². The molecule has 0 bridgehead atoms. The molecule has 25 heavy (non-hydrogen) atoms. The first kappa shape index (κ1) is 21.3. The number of rotatable bonds is 12. The average molecular weight is 355 g/mol. The van der Waals surface area contributed by atoms with Gasteiger partial charge < -0.3 is 24.5 Å². The van der Waals surface area contributed by atoms with Crippen LogP contribution in [-0.2, 0) is 9.53 Å². The SMILES string of the molecule is CCCCC[C@H](O)c1coc(/C=C/[C@@H](O)[C@@H](O)CCCC(=O)OC)n1. The average Bonchev–Trinajstić information content (AvgIpc) is 3.08. The van der Waals surface area contributed by atoms with E-state index in [2.05, 4.69) is 16.6 Å². The first-order chi connectivity index (χ1) is 12.0. The van der Waals surface area contributed by atoms with Gasteiger partial charge in [-0.25, -0.2) is 4.98 Å². The van der Waals surface area contributed by atoms with E-state index in [-0.39, 0.29) is 24.7 Å². The number of unbranched alkanes of at least 4 members (excludes halogenated alkanes) is 2. The standard InChI is InChI=1S/C18H29NO6/c1-3-4-5-7-14(20)13-12-25-17(19-13)11-10-16(22)15(21)8-6-9-18(23)24-2/h10-12,14-16,20-22H,3-9H2,1-2H3/b11-10+/t14-,15-,16+/m0/s1. The Morgan fingerprint density at radius 3 is 2.72 bits per heavy atom. The monoisotopic (exact) mass is 355 g/mol. The number of nitrogens with zero attached hydrogens (tertiary/aromatic N) is 1. The minimum atomic E-state index is -1.09. The molecule has 0 fully saturated rings. The minimum Gasteiger partial charge on any atom is -0.469 e. The molecule has 0 spiro atoms. The Hall–Kier alpha value is -1.70. The summed E-state index contributed by atoms with van der Waals surface area (Å²) < 4.78 is 9.75. The Morgan fingerprint density at radius 2 is 2.04 bits per heavy atom. The van der Waals surface area contributed by atoms with Crippen molar-refractivity contribution in [3.05, 3.63) is 23.9 Å². The van der Waals surface area contributed by atoms with Gasteiger partial charge in [0.1, 0.15) is 12.0 Å². The maximum absolute atomic E-state index is 11.0. The predicted octanol–water partition coefficient (Wildman–Crippen LogP) is 2.37. The molecule has 142 valence electrons. The molecule has 0 aliphatic rings. The first-order valence-electron chi connectivity index (χ1n) is 8.72. The minimum absolute atomic E-state index is 0.197. The van der Waals surface area contributed by atoms with Crippen LogP contribution in [0.3, 0.4) is 0 Å². The van der Waals surface area contributed by atoms with Gasteiger partial charge in [-0.15, -0.1) is 0 Å². The maximum atomic E-state index is 11.0. The molecular weight excluding hydrogens is 326 g/mol. The largest absolute Gasteiger partial charge is 0.469 e. The molecule has 0 saturated carbocycles. The number of aromatic nitrogens is 1. The fraction of sp³-hybridized carbons (Fsp3) is 0.667. The summed E-state index contributed by atoms with van der Waals surface area (Å²) in [5.74, 6) is -0.0904. The highest BCUT2D eigenvalue weighted by molar-refractivity contribution is 5.68. The van der Waals surface area contributed by atoms with Crippen LogP contribution in [0.4, 0.5) is 0 Å². The second-order valence-corrected chi connectivity index (χ2v) is 6.01. The van der Waals surface area contributed by atoms with Crippen molar-refractivity contribution in [3.8, 4) is 0 Å². The van der Waals surface area contributed by atoms with Crippen LogP contribution in [0.25, 0.3) is 6.08 Å². The second kappa shape index (κ2) is 11.8. The molecule has 0 saturated heterocycles. The molecule has 3 atom stereocenters. The Kier molecular flexibility index (Phi) is 10.1.